The smallest absolute Gasteiger partial charge is 0.405 e. The van der Waals surface area contributed by atoms with Crippen molar-refractivity contribution in [3.63, 3.8) is 0 Å². The van der Waals surface area contributed by atoms with E-state index in [0.717, 1.165) is 51.4 Å². The molecule has 0 aromatic heterocycles. The van der Waals surface area contributed by atoms with Gasteiger partial charge in [0.1, 0.15) is 12.1 Å². The molecule has 27 heavy (non-hydrogen) atoms. The predicted molar refractivity (Wildman–Crippen MR) is 102 cm³/mol. The third-order valence-electron chi connectivity index (χ3n) is 5.97. The minimum absolute atomic E-state index is 0.110. The maximum atomic E-state index is 12.7. The fourth-order valence-electron chi connectivity index (χ4n) is 4.13. The van der Waals surface area contributed by atoms with Crippen LogP contribution in [0.15, 0.2) is 0 Å². The summed E-state index contributed by atoms with van der Waals surface area (Å²) < 4.78 is 0. The molecule has 4 atom stereocenters. The molecular weight excluding hydrogens is 348 g/mol. The Bertz CT molecular complexity index is 477. The van der Waals surface area contributed by atoms with Gasteiger partial charge in [-0.05, 0) is 37.5 Å². The fourth-order valence-corrected chi connectivity index (χ4v) is 4.13. The minimum Gasteiger partial charge on any atom is -0.465 e. The fraction of sp³-hybridized carbons (Fsp3) is 0.900. The van der Waals surface area contributed by atoms with Gasteiger partial charge < -0.3 is 26.0 Å². The van der Waals surface area contributed by atoms with Crippen LogP contribution in [-0.4, -0.2) is 51.6 Å². The van der Waals surface area contributed by atoms with Crippen LogP contribution in [0, 0.1) is 11.8 Å². The highest BCUT2D eigenvalue weighted by molar-refractivity contribution is 5.85. The van der Waals surface area contributed by atoms with Gasteiger partial charge in [-0.3, -0.25) is 4.79 Å². The van der Waals surface area contributed by atoms with Crippen molar-refractivity contribution in [1.82, 2.24) is 10.6 Å². The number of carboxylic acid groups (broad SMARTS) is 1. The molecule has 2 rings (SSSR count). The van der Waals surface area contributed by atoms with Gasteiger partial charge in [0, 0.05) is 0 Å². The van der Waals surface area contributed by atoms with Gasteiger partial charge in [-0.15, -0.1) is 0 Å². The molecule has 2 aliphatic rings. The summed E-state index contributed by atoms with van der Waals surface area (Å²) in [6.07, 6.45) is 7.07. The van der Waals surface area contributed by atoms with Crippen molar-refractivity contribution in [2.75, 3.05) is 0 Å². The first-order valence-corrected chi connectivity index (χ1v) is 10.6. The van der Waals surface area contributed by atoms with Gasteiger partial charge in [-0.25, -0.2) is 4.79 Å². The van der Waals surface area contributed by atoms with Gasteiger partial charge in [-0.1, -0.05) is 51.9 Å². The topological polar surface area (TPSA) is 119 Å². The summed E-state index contributed by atoms with van der Waals surface area (Å²) in [5.74, 6) is 0.124. The quantitative estimate of drug-likeness (QED) is 0.375. The molecule has 0 aromatic rings. The number of rotatable bonds is 11. The first-order valence-electron chi connectivity index (χ1n) is 10.6. The van der Waals surface area contributed by atoms with Crippen LogP contribution in [-0.2, 0) is 4.79 Å². The van der Waals surface area contributed by atoms with Crippen LogP contribution in [0.4, 0.5) is 4.79 Å². The van der Waals surface area contributed by atoms with E-state index in [0.29, 0.717) is 18.8 Å². The Balaban J connectivity index is 2.02. The summed E-state index contributed by atoms with van der Waals surface area (Å²) in [5.41, 5.74) is 0. The van der Waals surface area contributed by atoms with E-state index in [1.807, 2.05) is 6.92 Å². The average Bonchev–Trinajstić information content (AvgIpc) is 3.49. The van der Waals surface area contributed by atoms with Gasteiger partial charge in [0.25, 0.3) is 0 Å². The highest BCUT2D eigenvalue weighted by atomic mass is 16.4. The second-order valence-corrected chi connectivity index (χ2v) is 8.32. The Kier molecular flexibility index (Phi) is 8.83. The normalized spacial score (nSPS) is 22.5. The number of amides is 2. The van der Waals surface area contributed by atoms with Crippen LogP contribution in [0.25, 0.3) is 0 Å². The summed E-state index contributed by atoms with van der Waals surface area (Å²) in [4.78, 5) is 23.8. The molecule has 7 heteroatoms. The van der Waals surface area contributed by atoms with Gasteiger partial charge >= 0.3 is 6.09 Å². The summed E-state index contributed by atoms with van der Waals surface area (Å²) in [6.45, 7) is 1.98. The Morgan fingerprint density at radius 2 is 1.70 bits per heavy atom. The lowest BCUT2D eigenvalue weighted by atomic mass is 9.82. The number of carbonyl (C=O) groups excluding carboxylic acids is 1. The van der Waals surface area contributed by atoms with Crippen LogP contribution in [0.5, 0.6) is 0 Å². The number of hydrogen-bond acceptors (Lipinski definition) is 4. The molecule has 2 amide bonds. The van der Waals surface area contributed by atoms with Crippen molar-refractivity contribution in [3.8, 4) is 0 Å². The van der Waals surface area contributed by atoms with E-state index in [2.05, 4.69) is 10.6 Å². The minimum atomic E-state index is -1.23. The summed E-state index contributed by atoms with van der Waals surface area (Å²) in [7, 11) is 0. The highest BCUT2D eigenvalue weighted by Gasteiger charge is 2.39. The van der Waals surface area contributed by atoms with Gasteiger partial charge in [0.15, 0.2) is 0 Å². The third-order valence-corrected chi connectivity index (χ3v) is 5.97. The molecule has 7 nitrogen and oxygen atoms in total. The monoisotopic (exact) mass is 384 g/mol. The van der Waals surface area contributed by atoms with Gasteiger partial charge in [0.2, 0.25) is 5.91 Å². The van der Waals surface area contributed by atoms with Crippen LogP contribution in [0.3, 0.4) is 0 Å². The lowest BCUT2D eigenvalue weighted by molar-refractivity contribution is -0.126. The summed E-state index contributed by atoms with van der Waals surface area (Å²) in [5, 5.41) is 35.3. The number of hydrogen-bond donors (Lipinski definition) is 5. The first-order chi connectivity index (χ1) is 12.9. The van der Waals surface area contributed by atoms with Crippen LogP contribution < -0.4 is 10.6 Å². The number of unbranched alkanes of at least 4 members (excludes halogenated alkanes) is 1. The maximum absolute atomic E-state index is 12.7. The standard InChI is InChI=1S/C20H36N2O5/c1-2-3-9-15(22-20(26)27)19(25)21-16(12-13-7-5-4-6-8-13)18(24)17(23)14-10-11-14/h13-18,22-24H,2-12H2,1H3,(H,21,25)(H,26,27)/t15-,16-,17-,18+/m0/s1. The molecule has 156 valence electrons. The number of aliphatic hydroxyl groups is 2. The molecule has 2 aliphatic carbocycles. The van der Waals surface area contributed by atoms with Crippen LogP contribution >= 0.6 is 0 Å². The zero-order chi connectivity index (χ0) is 19.8. The van der Waals surface area contributed by atoms with Crippen molar-refractivity contribution in [2.45, 2.75) is 102 Å². The summed E-state index contributed by atoms with van der Waals surface area (Å²) in [6, 6.07) is -1.38. The van der Waals surface area contributed by atoms with Crippen LogP contribution in [0.2, 0.25) is 0 Å². The number of carbonyl (C=O) groups is 2. The lowest BCUT2D eigenvalue weighted by Crippen LogP contribution is -2.55. The molecule has 0 saturated heterocycles. The molecule has 0 bridgehead atoms. The number of nitrogens with one attached hydrogen (secondary N) is 2. The predicted octanol–water partition coefficient (Wildman–Crippen LogP) is 2.40. The lowest BCUT2D eigenvalue weighted by Gasteiger charge is -2.33. The van der Waals surface area contributed by atoms with E-state index in [1.165, 1.54) is 6.42 Å². The van der Waals surface area contributed by atoms with Crippen molar-refractivity contribution >= 4 is 12.0 Å². The van der Waals surface area contributed by atoms with E-state index in [9.17, 15) is 19.8 Å². The first kappa shape index (κ1) is 22.0. The Morgan fingerprint density at radius 3 is 2.26 bits per heavy atom. The average molecular weight is 385 g/mol. The molecule has 2 saturated carbocycles. The van der Waals surface area contributed by atoms with Gasteiger partial charge in [-0.2, -0.15) is 0 Å². The van der Waals surface area contributed by atoms with E-state index < -0.39 is 36.3 Å². The van der Waals surface area contributed by atoms with E-state index >= 15 is 0 Å². The molecule has 0 spiro atoms. The highest BCUT2D eigenvalue weighted by Crippen LogP contribution is 2.36. The maximum Gasteiger partial charge on any atom is 0.405 e. The van der Waals surface area contributed by atoms with Crippen molar-refractivity contribution in [2.24, 2.45) is 11.8 Å². The molecule has 0 radical (unpaired) electrons. The van der Waals surface area contributed by atoms with E-state index in [1.54, 1.807) is 0 Å². The number of aliphatic hydroxyl groups excluding tert-OH is 2. The molecule has 2 fully saturated rings. The molecule has 0 unspecified atom stereocenters. The molecule has 5 N–H and O–H groups in total. The Morgan fingerprint density at radius 1 is 1.04 bits per heavy atom. The van der Waals surface area contributed by atoms with Crippen molar-refractivity contribution in [1.29, 1.82) is 0 Å². The van der Waals surface area contributed by atoms with E-state index in [-0.39, 0.29) is 5.92 Å². The summed E-state index contributed by atoms with van der Waals surface area (Å²) >= 11 is 0. The molecule has 0 aromatic carbocycles. The van der Waals surface area contributed by atoms with Gasteiger partial charge in [0.05, 0.1) is 12.1 Å². The Hall–Kier alpha value is -1.34. The zero-order valence-corrected chi connectivity index (χ0v) is 16.4. The molecular formula is C20H36N2O5. The second-order valence-electron chi connectivity index (χ2n) is 8.32. The SMILES string of the molecule is CCCC[C@H](NC(=O)O)C(=O)N[C@@H](CC1CCCCC1)[C@@H](O)[C@@H](O)C1CC1. The molecule has 0 aliphatic heterocycles. The second kappa shape index (κ2) is 10.9. The largest absolute Gasteiger partial charge is 0.465 e. The van der Waals surface area contributed by atoms with Crippen LogP contribution in [0.1, 0.15) is 77.6 Å². The van der Waals surface area contributed by atoms with E-state index in [4.69, 9.17) is 5.11 Å². The third kappa shape index (κ3) is 7.30. The van der Waals surface area contributed by atoms with Crippen molar-refractivity contribution < 1.29 is 24.9 Å². The molecule has 0 heterocycles. The van der Waals surface area contributed by atoms with Crippen molar-refractivity contribution in [3.05, 3.63) is 0 Å². The zero-order valence-electron chi connectivity index (χ0n) is 16.4. The Labute approximate surface area is 161 Å².